The fourth-order valence-corrected chi connectivity index (χ4v) is 3.77. The topological polar surface area (TPSA) is 58.5 Å². The van der Waals surface area contributed by atoms with E-state index in [4.69, 9.17) is 10.2 Å². The number of hydrogen-bond donors (Lipinski definition) is 1. The molecule has 2 N–H and O–H groups in total. The van der Waals surface area contributed by atoms with Gasteiger partial charge in [-0.25, -0.2) is 4.98 Å². The molecular formula is C21H24N4O. The summed E-state index contributed by atoms with van der Waals surface area (Å²) in [6, 6.07) is 16.7. The van der Waals surface area contributed by atoms with Crippen molar-refractivity contribution in [2.75, 3.05) is 36.8 Å². The van der Waals surface area contributed by atoms with Crippen LogP contribution in [-0.4, -0.2) is 36.1 Å². The number of aromatic nitrogens is 1. The number of anilines is 2. The second kappa shape index (κ2) is 7.22. The largest absolute Gasteiger partial charge is 0.447 e. The number of hydrogen-bond acceptors (Lipinski definition) is 5. The zero-order chi connectivity index (χ0) is 17.9. The Morgan fingerprint density at radius 3 is 2.46 bits per heavy atom. The quantitative estimate of drug-likeness (QED) is 0.732. The van der Waals surface area contributed by atoms with Gasteiger partial charge in [0, 0.05) is 37.6 Å². The molecule has 1 aliphatic heterocycles. The SMILES string of the molecule is Cc1cc(N)ccc1N1CCN(C(c2ccccc2)c2ncco2)CC1. The van der Waals surface area contributed by atoms with E-state index in [0.717, 1.165) is 37.8 Å². The molecule has 5 heteroatoms. The summed E-state index contributed by atoms with van der Waals surface area (Å²) in [7, 11) is 0. The Morgan fingerprint density at radius 1 is 1.04 bits per heavy atom. The lowest BCUT2D eigenvalue weighted by molar-refractivity contribution is 0.187. The number of oxazole rings is 1. The van der Waals surface area contributed by atoms with Gasteiger partial charge >= 0.3 is 0 Å². The molecule has 1 unspecified atom stereocenters. The van der Waals surface area contributed by atoms with E-state index < -0.39 is 0 Å². The van der Waals surface area contributed by atoms with Gasteiger partial charge < -0.3 is 15.1 Å². The van der Waals surface area contributed by atoms with Crippen LogP contribution in [0.4, 0.5) is 11.4 Å². The maximum atomic E-state index is 5.89. The molecule has 2 heterocycles. The average molecular weight is 348 g/mol. The second-order valence-electron chi connectivity index (χ2n) is 6.75. The van der Waals surface area contributed by atoms with E-state index in [1.165, 1.54) is 16.8 Å². The number of nitrogens with two attached hydrogens (primary N) is 1. The van der Waals surface area contributed by atoms with Crippen LogP contribution in [-0.2, 0) is 0 Å². The first-order valence-electron chi connectivity index (χ1n) is 9.02. The van der Waals surface area contributed by atoms with Crippen LogP contribution in [0.1, 0.15) is 23.1 Å². The number of nitrogen functional groups attached to an aromatic ring is 1. The molecule has 0 bridgehead atoms. The lowest BCUT2D eigenvalue weighted by Crippen LogP contribution is -2.48. The first-order valence-corrected chi connectivity index (χ1v) is 9.02. The molecule has 0 saturated carbocycles. The Morgan fingerprint density at radius 2 is 1.81 bits per heavy atom. The maximum absolute atomic E-state index is 5.89. The van der Waals surface area contributed by atoms with Crippen molar-refractivity contribution in [1.29, 1.82) is 0 Å². The van der Waals surface area contributed by atoms with Crippen LogP contribution in [0.25, 0.3) is 0 Å². The van der Waals surface area contributed by atoms with Crippen molar-refractivity contribution >= 4 is 11.4 Å². The molecule has 4 rings (SSSR count). The van der Waals surface area contributed by atoms with Crippen molar-refractivity contribution in [3.05, 3.63) is 78.0 Å². The predicted molar refractivity (Wildman–Crippen MR) is 104 cm³/mol. The minimum atomic E-state index is 0.0564. The third-order valence-electron chi connectivity index (χ3n) is 5.04. The Kier molecular flexibility index (Phi) is 4.63. The van der Waals surface area contributed by atoms with Crippen LogP contribution in [0.2, 0.25) is 0 Å². The summed E-state index contributed by atoms with van der Waals surface area (Å²) in [4.78, 5) is 9.32. The fraction of sp³-hybridized carbons (Fsp3) is 0.286. The van der Waals surface area contributed by atoms with E-state index in [1.54, 1.807) is 12.5 Å². The van der Waals surface area contributed by atoms with Gasteiger partial charge in [-0.3, -0.25) is 4.90 Å². The van der Waals surface area contributed by atoms with Crippen molar-refractivity contribution in [2.24, 2.45) is 0 Å². The summed E-state index contributed by atoms with van der Waals surface area (Å²) < 4.78 is 5.67. The van der Waals surface area contributed by atoms with E-state index in [-0.39, 0.29) is 6.04 Å². The summed E-state index contributed by atoms with van der Waals surface area (Å²) in [6.07, 6.45) is 3.37. The molecule has 0 amide bonds. The van der Waals surface area contributed by atoms with Crippen molar-refractivity contribution in [1.82, 2.24) is 9.88 Å². The number of rotatable bonds is 4. The fourth-order valence-electron chi connectivity index (χ4n) is 3.77. The minimum Gasteiger partial charge on any atom is -0.447 e. The average Bonchev–Trinajstić information content (AvgIpc) is 3.18. The molecule has 2 aromatic carbocycles. The summed E-state index contributed by atoms with van der Waals surface area (Å²) >= 11 is 0. The second-order valence-corrected chi connectivity index (χ2v) is 6.75. The summed E-state index contributed by atoms with van der Waals surface area (Å²) in [5.74, 6) is 0.758. The lowest BCUT2D eigenvalue weighted by atomic mass is 10.0. The van der Waals surface area contributed by atoms with Crippen LogP contribution >= 0.6 is 0 Å². The number of piperazine rings is 1. The highest BCUT2D eigenvalue weighted by molar-refractivity contribution is 5.59. The van der Waals surface area contributed by atoms with E-state index in [1.807, 2.05) is 18.2 Å². The van der Waals surface area contributed by atoms with Crippen LogP contribution in [0.3, 0.4) is 0 Å². The van der Waals surface area contributed by atoms with Crippen LogP contribution in [0.15, 0.2) is 65.4 Å². The van der Waals surface area contributed by atoms with Gasteiger partial charge in [-0.15, -0.1) is 0 Å². The molecule has 1 atom stereocenters. The van der Waals surface area contributed by atoms with Gasteiger partial charge in [0.1, 0.15) is 12.3 Å². The van der Waals surface area contributed by atoms with Crippen LogP contribution < -0.4 is 10.6 Å². The van der Waals surface area contributed by atoms with Crippen molar-refractivity contribution in [3.8, 4) is 0 Å². The van der Waals surface area contributed by atoms with Crippen molar-refractivity contribution in [2.45, 2.75) is 13.0 Å². The first kappa shape index (κ1) is 16.7. The highest BCUT2D eigenvalue weighted by Gasteiger charge is 2.29. The molecule has 3 aromatic rings. The summed E-state index contributed by atoms with van der Waals surface area (Å²) in [6.45, 7) is 5.96. The first-order chi connectivity index (χ1) is 12.7. The monoisotopic (exact) mass is 348 g/mol. The molecule has 26 heavy (non-hydrogen) atoms. The predicted octanol–water partition coefficient (Wildman–Crippen LogP) is 3.48. The van der Waals surface area contributed by atoms with Gasteiger partial charge in [0.05, 0.1) is 6.20 Å². The molecule has 0 spiro atoms. The highest BCUT2D eigenvalue weighted by Crippen LogP contribution is 2.30. The summed E-state index contributed by atoms with van der Waals surface area (Å²) in [5.41, 5.74) is 10.4. The zero-order valence-electron chi connectivity index (χ0n) is 15.0. The lowest BCUT2D eigenvalue weighted by Gasteiger charge is -2.39. The molecule has 5 nitrogen and oxygen atoms in total. The standard InChI is InChI=1S/C21H24N4O/c1-16-15-18(22)7-8-19(16)24-10-12-25(13-11-24)20(21-23-9-14-26-21)17-5-3-2-4-6-17/h2-9,14-15,20H,10-13,22H2,1H3. The van der Waals surface area contributed by atoms with Gasteiger partial charge in [-0.05, 0) is 36.2 Å². The van der Waals surface area contributed by atoms with E-state index in [2.05, 4.69) is 52.0 Å². The highest BCUT2D eigenvalue weighted by atomic mass is 16.3. The summed E-state index contributed by atoms with van der Waals surface area (Å²) in [5, 5.41) is 0. The van der Waals surface area contributed by atoms with Crippen LogP contribution in [0, 0.1) is 6.92 Å². The van der Waals surface area contributed by atoms with Gasteiger partial charge in [0.25, 0.3) is 0 Å². The normalized spacial score (nSPS) is 16.6. The van der Waals surface area contributed by atoms with Gasteiger partial charge in [0.15, 0.2) is 0 Å². The number of aryl methyl sites for hydroxylation is 1. The van der Waals surface area contributed by atoms with Crippen molar-refractivity contribution < 1.29 is 4.42 Å². The molecule has 1 aliphatic rings. The van der Waals surface area contributed by atoms with E-state index in [0.29, 0.717) is 0 Å². The number of nitrogens with zero attached hydrogens (tertiary/aromatic N) is 3. The Bertz CT molecular complexity index is 840. The van der Waals surface area contributed by atoms with Gasteiger partial charge in [-0.2, -0.15) is 0 Å². The molecule has 0 aliphatic carbocycles. The zero-order valence-corrected chi connectivity index (χ0v) is 15.0. The van der Waals surface area contributed by atoms with E-state index in [9.17, 15) is 0 Å². The Labute approximate surface area is 154 Å². The maximum Gasteiger partial charge on any atom is 0.215 e. The number of benzene rings is 2. The molecule has 134 valence electrons. The van der Waals surface area contributed by atoms with Crippen LogP contribution in [0.5, 0.6) is 0 Å². The molecule has 1 saturated heterocycles. The molecule has 1 aromatic heterocycles. The van der Waals surface area contributed by atoms with Gasteiger partial charge in [-0.1, -0.05) is 30.3 Å². The molecule has 0 radical (unpaired) electrons. The molecule has 1 fully saturated rings. The molecular weight excluding hydrogens is 324 g/mol. The minimum absolute atomic E-state index is 0.0564. The van der Waals surface area contributed by atoms with E-state index >= 15 is 0 Å². The third-order valence-corrected chi connectivity index (χ3v) is 5.04. The smallest absolute Gasteiger partial charge is 0.215 e. The Balaban J connectivity index is 1.53. The third kappa shape index (κ3) is 3.30. The van der Waals surface area contributed by atoms with Gasteiger partial charge in [0.2, 0.25) is 5.89 Å². The Hall–Kier alpha value is -2.79. The van der Waals surface area contributed by atoms with Crippen molar-refractivity contribution in [3.63, 3.8) is 0 Å².